The predicted molar refractivity (Wildman–Crippen MR) is 99.1 cm³/mol. The number of nitrogens with zero attached hydrogens (tertiary/aromatic N) is 1. The van der Waals surface area contributed by atoms with Gasteiger partial charge in [-0.2, -0.15) is 5.10 Å². The lowest BCUT2D eigenvalue weighted by Crippen LogP contribution is -2.19. The Labute approximate surface area is 155 Å². The lowest BCUT2D eigenvalue weighted by molar-refractivity contribution is 0.0955. The van der Waals surface area contributed by atoms with E-state index in [-0.39, 0.29) is 15.5 Å². The van der Waals surface area contributed by atoms with Crippen molar-refractivity contribution in [2.75, 3.05) is 0 Å². The monoisotopic (exact) mass is 397 g/mol. The molecule has 0 saturated heterocycles. The molecule has 0 aliphatic rings. The van der Waals surface area contributed by atoms with Crippen molar-refractivity contribution in [3.05, 3.63) is 69.7 Å². The molecule has 6 nitrogen and oxygen atoms in total. The molecule has 0 spiro atoms. The standard InChI is InChI=1S/C16H13Cl2N3O3S/c17-13(8-11-4-2-1-3-5-11)10-20-21-16(22)12-6-7-14(18)15(9-12)25(19,23)24/h1-10H,(H,21,22)(H2,19,23,24). The molecule has 1 amide bonds. The van der Waals surface area contributed by atoms with Gasteiger partial charge in [0.05, 0.1) is 16.3 Å². The van der Waals surface area contributed by atoms with Crippen LogP contribution in [0.25, 0.3) is 6.08 Å². The van der Waals surface area contributed by atoms with E-state index in [4.69, 9.17) is 28.3 Å². The van der Waals surface area contributed by atoms with Gasteiger partial charge in [-0.1, -0.05) is 53.5 Å². The van der Waals surface area contributed by atoms with Crippen LogP contribution in [-0.2, 0) is 10.0 Å². The van der Waals surface area contributed by atoms with Crippen LogP contribution in [-0.4, -0.2) is 20.5 Å². The first-order valence-electron chi connectivity index (χ1n) is 6.85. The number of sulfonamides is 1. The van der Waals surface area contributed by atoms with Gasteiger partial charge in [0.2, 0.25) is 10.0 Å². The predicted octanol–water partition coefficient (Wildman–Crippen LogP) is 2.98. The molecule has 0 saturated carbocycles. The summed E-state index contributed by atoms with van der Waals surface area (Å²) in [5.74, 6) is -0.637. The number of rotatable bonds is 5. The number of hydrogen-bond acceptors (Lipinski definition) is 4. The van der Waals surface area contributed by atoms with Gasteiger partial charge in [-0.25, -0.2) is 19.0 Å². The molecule has 0 radical (unpaired) electrons. The SMILES string of the molecule is NS(=O)(=O)c1cc(C(=O)NN=CC(Cl)=Cc2ccccc2)ccc1Cl. The van der Waals surface area contributed by atoms with Crippen LogP contribution < -0.4 is 10.6 Å². The molecule has 0 unspecified atom stereocenters. The highest BCUT2D eigenvalue weighted by atomic mass is 35.5. The number of carbonyl (C=O) groups is 1. The largest absolute Gasteiger partial charge is 0.271 e. The Balaban J connectivity index is 2.09. The Bertz CT molecular complexity index is 942. The fourth-order valence-electron chi connectivity index (χ4n) is 1.83. The average Bonchev–Trinajstić information content (AvgIpc) is 2.55. The van der Waals surface area contributed by atoms with E-state index < -0.39 is 15.9 Å². The van der Waals surface area contributed by atoms with Crippen molar-refractivity contribution in [1.82, 2.24) is 5.43 Å². The lowest BCUT2D eigenvalue weighted by atomic mass is 10.2. The summed E-state index contributed by atoms with van der Waals surface area (Å²) in [5.41, 5.74) is 3.15. The minimum absolute atomic E-state index is 0.0359. The third-order valence-electron chi connectivity index (χ3n) is 2.96. The van der Waals surface area contributed by atoms with Crippen LogP contribution in [0.1, 0.15) is 15.9 Å². The van der Waals surface area contributed by atoms with Crippen molar-refractivity contribution in [3.63, 3.8) is 0 Å². The molecule has 0 aliphatic heterocycles. The number of allylic oxidation sites excluding steroid dienone is 1. The topological polar surface area (TPSA) is 102 Å². The zero-order valence-corrected chi connectivity index (χ0v) is 15.0. The van der Waals surface area contributed by atoms with Gasteiger partial charge in [0.15, 0.2) is 0 Å². The van der Waals surface area contributed by atoms with Crippen LogP contribution >= 0.6 is 23.2 Å². The first-order chi connectivity index (χ1) is 11.8. The van der Waals surface area contributed by atoms with E-state index in [9.17, 15) is 13.2 Å². The number of amides is 1. The van der Waals surface area contributed by atoms with E-state index in [0.29, 0.717) is 5.03 Å². The second-order valence-corrected chi connectivity index (χ2v) is 7.20. The maximum Gasteiger partial charge on any atom is 0.271 e. The van der Waals surface area contributed by atoms with Gasteiger partial charge in [0, 0.05) is 5.56 Å². The van der Waals surface area contributed by atoms with Crippen molar-refractivity contribution >= 4 is 51.4 Å². The Hall–Kier alpha value is -2.19. The number of halogens is 2. The molecule has 0 bridgehead atoms. The highest BCUT2D eigenvalue weighted by molar-refractivity contribution is 7.89. The molecule has 2 aromatic carbocycles. The van der Waals surface area contributed by atoms with Crippen molar-refractivity contribution < 1.29 is 13.2 Å². The van der Waals surface area contributed by atoms with Crippen LogP contribution in [0.15, 0.2) is 63.6 Å². The molecule has 9 heteroatoms. The number of benzene rings is 2. The van der Waals surface area contributed by atoms with Crippen molar-refractivity contribution in [2.45, 2.75) is 4.90 Å². The zero-order valence-electron chi connectivity index (χ0n) is 12.7. The van der Waals surface area contributed by atoms with E-state index in [1.807, 2.05) is 30.3 Å². The first kappa shape index (κ1) is 19.1. The van der Waals surface area contributed by atoms with Gasteiger partial charge >= 0.3 is 0 Å². The molecular weight excluding hydrogens is 385 g/mol. The summed E-state index contributed by atoms with van der Waals surface area (Å²) >= 11 is 11.8. The molecule has 25 heavy (non-hydrogen) atoms. The fraction of sp³-hybridized carbons (Fsp3) is 0. The van der Waals surface area contributed by atoms with Crippen molar-refractivity contribution in [1.29, 1.82) is 0 Å². The number of primary sulfonamides is 1. The minimum Gasteiger partial charge on any atom is -0.267 e. The van der Waals surface area contributed by atoms with E-state index in [1.165, 1.54) is 18.3 Å². The molecule has 0 atom stereocenters. The lowest BCUT2D eigenvalue weighted by Gasteiger charge is -2.04. The second-order valence-electron chi connectivity index (χ2n) is 4.83. The van der Waals surface area contributed by atoms with E-state index in [0.717, 1.165) is 11.6 Å². The van der Waals surface area contributed by atoms with Gasteiger partial charge in [-0.15, -0.1) is 0 Å². The third kappa shape index (κ3) is 5.68. The minimum atomic E-state index is -4.04. The van der Waals surface area contributed by atoms with Crippen LogP contribution in [0.3, 0.4) is 0 Å². The van der Waals surface area contributed by atoms with Gasteiger partial charge in [0.25, 0.3) is 5.91 Å². The average molecular weight is 398 g/mol. The van der Waals surface area contributed by atoms with Crippen LogP contribution in [0.4, 0.5) is 0 Å². The van der Waals surface area contributed by atoms with Gasteiger partial charge in [-0.05, 0) is 29.8 Å². The molecule has 3 N–H and O–H groups in total. The number of carbonyl (C=O) groups excluding carboxylic acids is 1. The summed E-state index contributed by atoms with van der Waals surface area (Å²) in [7, 11) is -4.04. The molecule has 0 fully saturated rings. The third-order valence-corrected chi connectivity index (χ3v) is 4.56. The Kier molecular flexibility index (Phi) is 6.33. The summed E-state index contributed by atoms with van der Waals surface area (Å²) in [6.07, 6.45) is 2.92. The molecule has 130 valence electrons. The van der Waals surface area contributed by atoms with Gasteiger partial charge < -0.3 is 0 Å². The molecule has 0 aromatic heterocycles. The maximum atomic E-state index is 12.0. The molecule has 2 aromatic rings. The summed E-state index contributed by atoms with van der Waals surface area (Å²) in [6, 6.07) is 13.0. The van der Waals surface area contributed by atoms with Crippen molar-refractivity contribution in [3.8, 4) is 0 Å². The summed E-state index contributed by atoms with van der Waals surface area (Å²) in [5, 5.41) is 8.99. The van der Waals surface area contributed by atoms with Crippen molar-refractivity contribution in [2.24, 2.45) is 10.2 Å². The highest BCUT2D eigenvalue weighted by Crippen LogP contribution is 2.21. The molecule has 0 heterocycles. The van der Waals surface area contributed by atoms with E-state index in [1.54, 1.807) is 6.08 Å². The summed E-state index contributed by atoms with van der Waals surface area (Å²) in [4.78, 5) is 11.7. The Morgan fingerprint density at radius 3 is 2.48 bits per heavy atom. The van der Waals surface area contributed by atoms with Crippen LogP contribution in [0.2, 0.25) is 5.02 Å². The maximum absolute atomic E-state index is 12.0. The highest BCUT2D eigenvalue weighted by Gasteiger charge is 2.16. The number of hydrogen-bond donors (Lipinski definition) is 2. The van der Waals surface area contributed by atoms with Crippen LogP contribution in [0, 0.1) is 0 Å². The fourth-order valence-corrected chi connectivity index (χ4v) is 3.07. The number of hydrazone groups is 1. The number of nitrogens with one attached hydrogen (secondary N) is 1. The van der Waals surface area contributed by atoms with Crippen LogP contribution in [0.5, 0.6) is 0 Å². The molecule has 0 aliphatic carbocycles. The van der Waals surface area contributed by atoms with E-state index >= 15 is 0 Å². The zero-order chi connectivity index (χ0) is 18.4. The number of nitrogens with two attached hydrogens (primary N) is 1. The molecule has 2 rings (SSSR count). The summed E-state index contributed by atoms with van der Waals surface area (Å²) in [6.45, 7) is 0. The van der Waals surface area contributed by atoms with Gasteiger partial charge in [0.1, 0.15) is 4.90 Å². The quantitative estimate of drug-likeness (QED) is 0.598. The normalized spacial score (nSPS) is 12.4. The Morgan fingerprint density at radius 1 is 1.16 bits per heavy atom. The Morgan fingerprint density at radius 2 is 1.84 bits per heavy atom. The first-order valence-corrected chi connectivity index (χ1v) is 9.15. The summed E-state index contributed by atoms with van der Waals surface area (Å²) < 4.78 is 22.8. The smallest absolute Gasteiger partial charge is 0.267 e. The second kappa shape index (κ2) is 8.26. The molecular formula is C16H13Cl2N3O3S. The van der Waals surface area contributed by atoms with E-state index in [2.05, 4.69) is 10.5 Å². The van der Waals surface area contributed by atoms with Gasteiger partial charge in [-0.3, -0.25) is 4.79 Å².